The average molecular weight is 415 g/mol. The minimum absolute atomic E-state index is 0.139. The van der Waals surface area contributed by atoms with E-state index < -0.39 is 5.76 Å². The van der Waals surface area contributed by atoms with E-state index >= 15 is 0 Å². The second-order valence-electron chi connectivity index (χ2n) is 8.23. The molecule has 9 heteroatoms. The van der Waals surface area contributed by atoms with E-state index in [9.17, 15) is 10.1 Å². The third kappa shape index (κ3) is 3.72. The van der Waals surface area contributed by atoms with Gasteiger partial charge in [0.05, 0.1) is 18.0 Å². The molecule has 0 bridgehead atoms. The SMILES string of the molecule is CC1CCC(Cn2cnc3nc(-c4noc(=O)[nH]4)nc(-c4cccc(C#N)c4)c32)CC1. The number of H-pyrrole nitrogens is 1. The predicted molar refractivity (Wildman–Crippen MR) is 113 cm³/mol. The first-order valence-electron chi connectivity index (χ1n) is 10.4. The normalized spacial score (nSPS) is 18.8. The summed E-state index contributed by atoms with van der Waals surface area (Å²) in [6.45, 7) is 3.16. The molecule has 0 saturated heterocycles. The predicted octanol–water partition coefficient (Wildman–Crippen LogP) is 3.53. The van der Waals surface area contributed by atoms with Crippen molar-refractivity contribution in [2.75, 3.05) is 0 Å². The van der Waals surface area contributed by atoms with Gasteiger partial charge in [0.2, 0.25) is 11.6 Å². The third-order valence-corrected chi connectivity index (χ3v) is 5.98. The molecule has 3 aromatic heterocycles. The molecule has 1 aliphatic carbocycles. The van der Waals surface area contributed by atoms with Gasteiger partial charge in [0.25, 0.3) is 0 Å². The summed E-state index contributed by atoms with van der Waals surface area (Å²) in [5.41, 5.74) is 3.27. The second kappa shape index (κ2) is 7.80. The highest BCUT2D eigenvalue weighted by Crippen LogP contribution is 2.32. The van der Waals surface area contributed by atoms with Gasteiger partial charge in [-0.3, -0.25) is 9.51 Å². The summed E-state index contributed by atoms with van der Waals surface area (Å²) in [6, 6.07) is 9.43. The fraction of sp³-hybridized carbons (Fsp3) is 0.364. The Morgan fingerprint density at radius 3 is 2.84 bits per heavy atom. The molecule has 1 N–H and O–H groups in total. The molecule has 3 heterocycles. The van der Waals surface area contributed by atoms with Gasteiger partial charge in [0, 0.05) is 12.1 Å². The lowest BCUT2D eigenvalue weighted by Gasteiger charge is -2.26. The standard InChI is InChI=1S/C22H21N7O2/c1-13-5-7-14(8-6-13)11-29-12-24-19-18(29)17(16-4-2-3-15(9-16)10-23)25-20(26-19)21-27-22(30)31-28-21/h2-4,9,12-14H,5-8,11H2,1H3,(H,27,28,30). The number of nitrogens with zero attached hydrogens (tertiary/aromatic N) is 6. The highest BCUT2D eigenvalue weighted by atomic mass is 16.5. The van der Waals surface area contributed by atoms with E-state index in [1.807, 2.05) is 12.1 Å². The summed E-state index contributed by atoms with van der Waals surface area (Å²) in [6.07, 6.45) is 6.67. The minimum atomic E-state index is -0.677. The summed E-state index contributed by atoms with van der Waals surface area (Å²) in [4.78, 5) is 27.6. The Balaban J connectivity index is 1.65. The van der Waals surface area contributed by atoms with E-state index in [2.05, 4.69) is 42.2 Å². The van der Waals surface area contributed by atoms with Crippen LogP contribution in [-0.2, 0) is 6.54 Å². The molecule has 1 saturated carbocycles. The largest absolute Gasteiger partial charge is 0.439 e. The lowest BCUT2D eigenvalue weighted by Crippen LogP contribution is -2.17. The van der Waals surface area contributed by atoms with Gasteiger partial charge in [-0.2, -0.15) is 5.26 Å². The van der Waals surface area contributed by atoms with Crippen LogP contribution in [0.25, 0.3) is 34.1 Å². The van der Waals surface area contributed by atoms with Crippen molar-refractivity contribution in [3.8, 4) is 29.0 Å². The van der Waals surface area contributed by atoms with E-state index in [0.29, 0.717) is 22.8 Å². The number of hydrogen-bond acceptors (Lipinski definition) is 7. The molecule has 1 fully saturated rings. The fourth-order valence-electron chi connectivity index (χ4n) is 4.28. The number of hydrogen-bond donors (Lipinski definition) is 1. The van der Waals surface area contributed by atoms with Crippen LogP contribution in [0, 0.1) is 23.2 Å². The van der Waals surface area contributed by atoms with E-state index in [-0.39, 0.29) is 11.6 Å². The zero-order valence-electron chi connectivity index (χ0n) is 17.1. The molecule has 9 nitrogen and oxygen atoms in total. The Hall–Kier alpha value is -3.80. The Bertz CT molecular complexity index is 1340. The Morgan fingerprint density at radius 2 is 2.10 bits per heavy atom. The molecule has 0 amide bonds. The van der Waals surface area contributed by atoms with Crippen LogP contribution in [0.4, 0.5) is 0 Å². The van der Waals surface area contributed by atoms with Crippen LogP contribution in [0.1, 0.15) is 38.2 Å². The zero-order chi connectivity index (χ0) is 21.4. The molecule has 0 spiro atoms. The van der Waals surface area contributed by atoms with Gasteiger partial charge in [-0.05, 0) is 36.8 Å². The first-order valence-corrected chi connectivity index (χ1v) is 10.4. The van der Waals surface area contributed by atoms with Crippen LogP contribution >= 0.6 is 0 Å². The lowest BCUT2D eigenvalue weighted by molar-refractivity contribution is 0.266. The van der Waals surface area contributed by atoms with Gasteiger partial charge in [-0.15, -0.1) is 0 Å². The number of aromatic amines is 1. The van der Waals surface area contributed by atoms with Gasteiger partial charge in [0.1, 0.15) is 11.2 Å². The monoisotopic (exact) mass is 415 g/mol. The van der Waals surface area contributed by atoms with Crippen molar-refractivity contribution in [3.05, 3.63) is 46.7 Å². The third-order valence-electron chi connectivity index (χ3n) is 5.98. The van der Waals surface area contributed by atoms with Crippen molar-refractivity contribution in [1.82, 2.24) is 29.7 Å². The van der Waals surface area contributed by atoms with Crippen molar-refractivity contribution in [3.63, 3.8) is 0 Å². The molecule has 4 aromatic rings. The van der Waals surface area contributed by atoms with Crippen LogP contribution in [0.3, 0.4) is 0 Å². The van der Waals surface area contributed by atoms with Gasteiger partial charge < -0.3 is 4.57 Å². The maximum absolute atomic E-state index is 11.4. The average Bonchev–Trinajstić information content (AvgIpc) is 3.41. The molecular weight excluding hydrogens is 394 g/mol. The fourth-order valence-corrected chi connectivity index (χ4v) is 4.28. The van der Waals surface area contributed by atoms with Crippen molar-refractivity contribution in [2.24, 2.45) is 11.8 Å². The number of benzene rings is 1. The Morgan fingerprint density at radius 1 is 1.26 bits per heavy atom. The van der Waals surface area contributed by atoms with Crippen LogP contribution in [0.2, 0.25) is 0 Å². The van der Waals surface area contributed by atoms with E-state index in [4.69, 9.17) is 4.98 Å². The number of fused-ring (bicyclic) bond motifs is 1. The van der Waals surface area contributed by atoms with E-state index in [1.54, 1.807) is 18.5 Å². The Labute approximate surface area is 177 Å². The number of imidazole rings is 1. The number of nitriles is 1. The number of rotatable bonds is 4. The highest BCUT2D eigenvalue weighted by Gasteiger charge is 2.22. The van der Waals surface area contributed by atoms with Gasteiger partial charge in [-0.25, -0.2) is 19.7 Å². The topological polar surface area (TPSA) is 126 Å². The van der Waals surface area contributed by atoms with Crippen LogP contribution < -0.4 is 5.76 Å². The molecule has 1 aromatic carbocycles. The van der Waals surface area contributed by atoms with Crippen LogP contribution in [0.5, 0.6) is 0 Å². The van der Waals surface area contributed by atoms with Crippen molar-refractivity contribution in [1.29, 1.82) is 5.26 Å². The van der Waals surface area contributed by atoms with Crippen LogP contribution in [-0.4, -0.2) is 29.7 Å². The summed E-state index contributed by atoms with van der Waals surface area (Å²) in [5, 5.41) is 13.1. The summed E-state index contributed by atoms with van der Waals surface area (Å²) >= 11 is 0. The molecule has 5 rings (SSSR count). The highest BCUT2D eigenvalue weighted by molar-refractivity contribution is 5.89. The summed E-state index contributed by atoms with van der Waals surface area (Å²) in [7, 11) is 0. The second-order valence-corrected chi connectivity index (χ2v) is 8.23. The van der Waals surface area contributed by atoms with E-state index in [1.165, 1.54) is 25.7 Å². The minimum Gasteiger partial charge on any atom is -0.327 e. The van der Waals surface area contributed by atoms with Crippen molar-refractivity contribution < 1.29 is 4.52 Å². The zero-order valence-corrected chi connectivity index (χ0v) is 17.1. The molecule has 0 atom stereocenters. The first-order chi connectivity index (χ1) is 15.1. The molecule has 0 radical (unpaired) electrons. The van der Waals surface area contributed by atoms with Crippen molar-refractivity contribution >= 4 is 11.2 Å². The molecule has 156 valence electrons. The Kier molecular flexibility index (Phi) is 4.82. The number of aromatic nitrogens is 6. The smallest absolute Gasteiger partial charge is 0.327 e. The van der Waals surface area contributed by atoms with Gasteiger partial charge >= 0.3 is 5.76 Å². The van der Waals surface area contributed by atoms with Gasteiger partial charge in [0.15, 0.2) is 5.65 Å². The summed E-state index contributed by atoms with van der Waals surface area (Å²) in [5.74, 6) is 1.05. The number of nitrogens with one attached hydrogen (secondary N) is 1. The molecule has 31 heavy (non-hydrogen) atoms. The maximum Gasteiger partial charge on any atom is 0.439 e. The van der Waals surface area contributed by atoms with E-state index in [0.717, 1.165) is 23.5 Å². The van der Waals surface area contributed by atoms with Crippen LogP contribution in [0.15, 0.2) is 39.9 Å². The maximum atomic E-state index is 11.4. The lowest BCUT2D eigenvalue weighted by atomic mass is 9.83. The van der Waals surface area contributed by atoms with Crippen molar-refractivity contribution in [2.45, 2.75) is 39.2 Å². The quantitative estimate of drug-likeness (QED) is 0.540. The summed E-state index contributed by atoms with van der Waals surface area (Å²) < 4.78 is 6.73. The molecular formula is C22H21N7O2. The molecule has 0 aliphatic heterocycles. The first kappa shape index (κ1) is 19.2. The molecule has 1 aliphatic rings. The van der Waals surface area contributed by atoms with Gasteiger partial charge in [-0.1, -0.05) is 37.1 Å². The molecule has 0 unspecified atom stereocenters.